The highest BCUT2D eigenvalue weighted by Crippen LogP contribution is 2.39. The number of ether oxygens (including phenoxy) is 2. The van der Waals surface area contributed by atoms with Gasteiger partial charge in [-0.3, -0.25) is 0 Å². The van der Waals surface area contributed by atoms with Crippen molar-refractivity contribution in [2.24, 2.45) is 5.92 Å². The Morgan fingerprint density at radius 2 is 2.05 bits per heavy atom. The van der Waals surface area contributed by atoms with Crippen molar-refractivity contribution in [3.8, 4) is 11.5 Å². The molecule has 0 amide bonds. The maximum absolute atomic E-state index is 13.7. The van der Waals surface area contributed by atoms with Crippen molar-refractivity contribution >= 4 is 0 Å². The molecule has 0 saturated carbocycles. The van der Waals surface area contributed by atoms with E-state index < -0.39 is 5.92 Å². The lowest BCUT2D eigenvalue weighted by Crippen LogP contribution is -2.31. The zero-order chi connectivity index (χ0) is 15.5. The Balaban J connectivity index is 2.35. The first kappa shape index (κ1) is 16.0. The quantitative estimate of drug-likeness (QED) is 0.904. The zero-order valence-corrected chi connectivity index (χ0v) is 12.8. The van der Waals surface area contributed by atoms with Crippen molar-refractivity contribution in [3.05, 3.63) is 23.3 Å². The van der Waals surface area contributed by atoms with Crippen LogP contribution in [0, 0.1) is 5.92 Å². The van der Waals surface area contributed by atoms with Crippen molar-refractivity contribution in [2.75, 3.05) is 27.3 Å². The second-order valence-corrected chi connectivity index (χ2v) is 5.68. The van der Waals surface area contributed by atoms with E-state index in [1.165, 1.54) is 13.2 Å². The summed E-state index contributed by atoms with van der Waals surface area (Å²) in [6.45, 7) is 2.85. The Kier molecular flexibility index (Phi) is 5.04. The molecule has 1 heterocycles. The van der Waals surface area contributed by atoms with Crippen LogP contribution in [0.4, 0.5) is 8.78 Å². The van der Waals surface area contributed by atoms with E-state index >= 15 is 0 Å². The van der Waals surface area contributed by atoms with Gasteiger partial charge >= 0.3 is 0 Å². The highest BCUT2D eigenvalue weighted by atomic mass is 19.3. The van der Waals surface area contributed by atoms with Crippen molar-refractivity contribution in [1.29, 1.82) is 0 Å². The topological polar surface area (TPSA) is 30.5 Å². The van der Waals surface area contributed by atoms with Crippen LogP contribution in [0.3, 0.4) is 0 Å². The number of hydrogen-bond acceptors (Lipinski definition) is 3. The summed E-state index contributed by atoms with van der Waals surface area (Å²) in [5.74, 6) is -1.51. The summed E-state index contributed by atoms with van der Waals surface area (Å²) in [7, 11) is 3.02. The maximum Gasteiger partial charge on any atom is 0.270 e. The first-order valence-electron chi connectivity index (χ1n) is 7.29. The molecular formula is C16H23F2NO2. The molecule has 1 unspecified atom stereocenters. The molecule has 118 valence electrons. The zero-order valence-electron chi connectivity index (χ0n) is 12.8. The van der Waals surface area contributed by atoms with Crippen molar-refractivity contribution in [2.45, 2.75) is 32.1 Å². The molecule has 1 fully saturated rings. The molecule has 1 saturated heterocycles. The van der Waals surface area contributed by atoms with Gasteiger partial charge < -0.3 is 14.8 Å². The van der Waals surface area contributed by atoms with Crippen LogP contribution in [0.15, 0.2) is 12.1 Å². The largest absolute Gasteiger partial charge is 0.493 e. The molecule has 3 nitrogen and oxygen atoms in total. The molecule has 0 radical (unpaired) electrons. The molecular weight excluding hydrogens is 276 g/mol. The molecule has 1 aromatic rings. The van der Waals surface area contributed by atoms with Crippen molar-refractivity contribution < 1.29 is 18.3 Å². The highest BCUT2D eigenvalue weighted by molar-refractivity contribution is 5.50. The van der Waals surface area contributed by atoms with Gasteiger partial charge in [-0.05, 0) is 56.0 Å². The summed E-state index contributed by atoms with van der Waals surface area (Å²) in [4.78, 5) is 0. The van der Waals surface area contributed by atoms with Crippen molar-refractivity contribution in [1.82, 2.24) is 5.32 Å². The Bertz CT molecular complexity index is 480. The normalized spacial score (nSPS) is 19.4. The van der Waals surface area contributed by atoms with Gasteiger partial charge in [0.05, 0.1) is 14.2 Å². The second kappa shape index (κ2) is 6.60. The van der Waals surface area contributed by atoms with Crippen LogP contribution in [0.25, 0.3) is 0 Å². The van der Waals surface area contributed by atoms with Gasteiger partial charge in [0.1, 0.15) is 0 Å². The van der Waals surface area contributed by atoms with Crippen molar-refractivity contribution in [3.63, 3.8) is 0 Å². The van der Waals surface area contributed by atoms with E-state index in [2.05, 4.69) is 5.32 Å². The number of methoxy groups -OCH3 is 2. The molecule has 2 rings (SSSR count). The van der Waals surface area contributed by atoms with Crippen LogP contribution in [0.5, 0.6) is 11.5 Å². The first-order valence-corrected chi connectivity index (χ1v) is 7.29. The average Bonchev–Trinajstić information content (AvgIpc) is 2.46. The molecule has 5 heteroatoms. The third-order valence-corrected chi connectivity index (χ3v) is 3.97. The van der Waals surface area contributed by atoms with Gasteiger partial charge in [0.15, 0.2) is 11.5 Å². The number of benzene rings is 1. The molecule has 1 N–H and O–H groups in total. The monoisotopic (exact) mass is 299 g/mol. The van der Waals surface area contributed by atoms with E-state index in [-0.39, 0.29) is 5.56 Å². The molecule has 0 aliphatic carbocycles. The smallest absolute Gasteiger partial charge is 0.270 e. The Hall–Kier alpha value is -1.36. The summed E-state index contributed by atoms with van der Waals surface area (Å²) < 4.78 is 37.9. The van der Waals surface area contributed by atoms with Gasteiger partial charge in [0.2, 0.25) is 0 Å². The van der Waals surface area contributed by atoms with Gasteiger partial charge in [0.25, 0.3) is 5.92 Å². The van der Waals surface area contributed by atoms with Gasteiger partial charge in [-0.25, -0.2) is 8.78 Å². The summed E-state index contributed by atoms with van der Waals surface area (Å²) >= 11 is 0. The summed E-state index contributed by atoms with van der Waals surface area (Å²) in [5.41, 5.74) is 0.765. The number of alkyl halides is 2. The predicted molar refractivity (Wildman–Crippen MR) is 78.4 cm³/mol. The lowest BCUT2D eigenvalue weighted by molar-refractivity contribution is 0.0171. The molecule has 1 aliphatic heterocycles. The van der Waals surface area contributed by atoms with Crippen LogP contribution in [0.1, 0.15) is 30.9 Å². The van der Waals surface area contributed by atoms with Gasteiger partial charge in [-0.1, -0.05) is 0 Å². The fraction of sp³-hybridized carbons (Fsp3) is 0.625. The number of nitrogens with one attached hydrogen (secondary N) is 1. The fourth-order valence-corrected chi connectivity index (χ4v) is 2.86. The summed E-state index contributed by atoms with van der Waals surface area (Å²) in [5, 5.41) is 3.35. The van der Waals surface area contributed by atoms with Gasteiger partial charge in [0, 0.05) is 12.5 Å². The molecule has 1 aromatic carbocycles. The number of piperidine rings is 1. The number of hydrogen-bond donors (Lipinski definition) is 1. The van der Waals surface area contributed by atoms with Crippen LogP contribution in [-0.2, 0) is 12.3 Å². The van der Waals surface area contributed by atoms with E-state index in [9.17, 15) is 8.78 Å². The van der Waals surface area contributed by atoms with E-state index in [1.807, 2.05) is 0 Å². The number of rotatable bonds is 5. The van der Waals surface area contributed by atoms with E-state index in [1.54, 1.807) is 13.2 Å². The standard InChI is InChI=1S/C16H23F2NO2/c1-16(17,18)13-8-12(7-11-5-4-6-19-10-11)15(21-3)14(9-13)20-2/h8-9,11,19H,4-7,10H2,1-3H3. The predicted octanol–water partition coefficient (Wildman–Crippen LogP) is 3.36. The minimum absolute atomic E-state index is 0.0288. The van der Waals surface area contributed by atoms with Gasteiger partial charge in [-0.2, -0.15) is 0 Å². The Labute approximate surface area is 124 Å². The summed E-state index contributed by atoms with van der Waals surface area (Å²) in [6, 6.07) is 2.91. The third kappa shape index (κ3) is 3.84. The Morgan fingerprint density at radius 3 is 2.57 bits per heavy atom. The molecule has 1 atom stereocenters. The highest BCUT2D eigenvalue weighted by Gasteiger charge is 2.28. The van der Waals surface area contributed by atoms with Crippen LogP contribution < -0.4 is 14.8 Å². The van der Waals surface area contributed by atoms with Crippen LogP contribution >= 0.6 is 0 Å². The first-order chi connectivity index (χ1) is 9.95. The molecule has 0 bridgehead atoms. The molecule has 21 heavy (non-hydrogen) atoms. The molecule has 0 spiro atoms. The third-order valence-electron chi connectivity index (χ3n) is 3.97. The average molecular weight is 299 g/mol. The number of halogens is 2. The molecule has 1 aliphatic rings. The lowest BCUT2D eigenvalue weighted by atomic mass is 9.90. The van der Waals surface area contributed by atoms with E-state index in [4.69, 9.17) is 9.47 Å². The summed E-state index contributed by atoms with van der Waals surface area (Å²) in [6.07, 6.45) is 2.94. The lowest BCUT2D eigenvalue weighted by Gasteiger charge is -2.25. The SMILES string of the molecule is COc1cc(C(C)(F)F)cc(CC2CCCNC2)c1OC. The van der Waals surface area contributed by atoms with Crippen LogP contribution in [-0.4, -0.2) is 27.3 Å². The second-order valence-electron chi connectivity index (χ2n) is 5.68. The van der Waals surface area contributed by atoms with E-state index in [0.717, 1.165) is 44.8 Å². The fourth-order valence-electron chi connectivity index (χ4n) is 2.86. The Morgan fingerprint density at radius 1 is 1.29 bits per heavy atom. The van der Waals surface area contributed by atoms with Crippen LogP contribution in [0.2, 0.25) is 0 Å². The van der Waals surface area contributed by atoms with E-state index in [0.29, 0.717) is 17.4 Å². The maximum atomic E-state index is 13.7. The molecule has 0 aromatic heterocycles. The minimum atomic E-state index is -2.89. The minimum Gasteiger partial charge on any atom is -0.493 e. The van der Waals surface area contributed by atoms with Gasteiger partial charge in [-0.15, -0.1) is 0 Å².